The van der Waals surface area contributed by atoms with Crippen molar-refractivity contribution < 1.29 is 4.79 Å². The van der Waals surface area contributed by atoms with Crippen LogP contribution in [0.1, 0.15) is 52.9 Å². The highest BCUT2D eigenvalue weighted by atomic mass is 16.2. The largest absolute Gasteiger partial charge is 0.333 e. The number of piperidine rings is 2. The smallest absolute Gasteiger partial charge is 0.317 e. The average molecular weight is 267 g/mol. The highest BCUT2D eigenvalue weighted by Gasteiger charge is 2.28. The van der Waals surface area contributed by atoms with Crippen LogP contribution in [0.4, 0.5) is 4.79 Å². The molecule has 2 amide bonds. The first-order chi connectivity index (χ1) is 8.96. The molecule has 0 aromatic carbocycles. The van der Waals surface area contributed by atoms with Crippen LogP contribution in [-0.2, 0) is 0 Å². The molecule has 0 spiro atoms. The fraction of sp³-hybridized carbons (Fsp3) is 0.933. The molecule has 2 saturated heterocycles. The summed E-state index contributed by atoms with van der Waals surface area (Å²) in [6.45, 7) is 10.4. The van der Waals surface area contributed by atoms with Crippen molar-refractivity contribution in [3.63, 3.8) is 0 Å². The molecule has 0 unspecified atom stereocenters. The quantitative estimate of drug-likeness (QED) is 0.792. The maximum absolute atomic E-state index is 12.1. The topological polar surface area (TPSA) is 35.6 Å². The number of carbonyl (C=O) groups excluding carboxylic acids is 1. The SMILES string of the molecule is CC(C)(C)NC(=O)N1CCC(N2CCCCC2)CC1. The lowest BCUT2D eigenvalue weighted by Crippen LogP contribution is -2.53. The zero-order chi connectivity index (χ0) is 13.9. The molecule has 2 heterocycles. The van der Waals surface area contributed by atoms with Crippen LogP contribution in [0.5, 0.6) is 0 Å². The Hall–Kier alpha value is -0.770. The molecule has 2 aliphatic heterocycles. The maximum Gasteiger partial charge on any atom is 0.317 e. The summed E-state index contributed by atoms with van der Waals surface area (Å²) in [5.74, 6) is 0. The lowest BCUT2D eigenvalue weighted by atomic mass is 10.00. The second-order valence-corrected chi connectivity index (χ2v) is 7.00. The van der Waals surface area contributed by atoms with Gasteiger partial charge in [0.05, 0.1) is 0 Å². The molecule has 4 heteroatoms. The Morgan fingerprint density at radius 1 is 1.00 bits per heavy atom. The van der Waals surface area contributed by atoms with Gasteiger partial charge in [0.25, 0.3) is 0 Å². The molecule has 0 aromatic rings. The van der Waals surface area contributed by atoms with E-state index in [0.29, 0.717) is 6.04 Å². The van der Waals surface area contributed by atoms with Crippen molar-refractivity contribution in [3.05, 3.63) is 0 Å². The molecular formula is C15H29N3O. The van der Waals surface area contributed by atoms with Crippen molar-refractivity contribution in [1.82, 2.24) is 15.1 Å². The molecule has 0 saturated carbocycles. The third-order valence-electron chi connectivity index (χ3n) is 4.14. The van der Waals surface area contributed by atoms with Crippen LogP contribution < -0.4 is 5.32 Å². The van der Waals surface area contributed by atoms with E-state index in [1.807, 2.05) is 25.7 Å². The predicted octanol–water partition coefficient (Wildman–Crippen LogP) is 2.44. The molecule has 0 bridgehead atoms. The van der Waals surface area contributed by atoms with E-state index in [4.69, 9.17) is 0 Å². The van der Waals surface area contributed by atoms with Crippen molar-refractivity contribution in [2.24, 2.45) is 0 Å². The van der Waals surface area contributed by atoms with Gasteiger partial charge in [0.15, 0.2) is 0 Å². The maximum atomic E-state index is 12.1. The summed E-state index contributed by atoms with van der Waals surface area (Å²) in [7, 11) is 0. The van der Waals surface area contributed by atoms with Gasteiger partial charge in [0.2, 0.25) is 0 Å². The molecule has 4 nitrogen and oxygen atoms in total. The molecule has 19 heavy (non-hydrogen) atoms. The van der Waals surface area contributed by atoms with Crippen LogP contribution >= 0.6 is 0 Å². The summed E-state index contributed by atoms with van der Waals surface area (Å²) in [5, 5.41) is 3.06. The Bertz CT molecular complexity index is 297. The minimum Gasteiger partial charge on any atom is -0.333 e. The van der Waals surface area contributed by atoms with Gasteiger partial charge >= 0.3 is 6.03 Å². The van der Waals surface area contributed by atoms with Crippen molar-refractivity contribution in [1.29, 1.82) is 0 Å². The molecule has 2 aliphatic rings. The minimum absolute atomic E-state index is 0.101. The summed E-state index contributed by atoms with van der Waals surface area (Å²) >= 11 is 0. The molecular weight excluding hydrogens is 238 g/mol. The van der Waals surface area contributed by atoms with Gasteiger partial charge in [-0.05, 0) is 59.5 Å². The first kappa shape index (κ1) is 14.6. The molecule has 110 valence electrons. The highest BCUT2D eigenvalue weighted by molar-refractivity contribution is 5.75. The number of hydrogen-bond acceptors (Lipinski definition) is 2. The molecule has 2 fully saturated rings. The van der Waals surface area contributed by atoms with Gasteiger partial charge in [0.1, 0.15) is 0 Å². The van der Waals surface area contributed by atoms with Crippen LogP contribution in [0.15, 0.2) is 0 Å². The Morgan fingerprint density at radius 2 is 1.58 bits per heavy atom. The number of amides is 2. The van der Waals surface area contributed by atoms with E-state index in [1.165, 1.54) is 32.4 Å². The van der Waals surface area contributed by atoms with Gasteiger partial charge in [0, 0.05) is 24.7 Å². The Balaban J connectivity index is 1.77. The lowest BCUT2D eigenvalue weighted by molar-refractivity contribution is 0.0995. The van der Waals surface area contributed by atoms with E-state index in [1.54, 1.807) is 0 Å². The van der Waals surface area contributed by atoms with Gasteiger partial charge in [-0.1, -0.05) is 6.42 Å². The average Bonchev–Trinajstić information content (AvgIpc) is 2.38. The van der Waals surface area contributed by atoms with E-state index in [-0.39, 0.29) is 11.6 Å². The zero-order valence-electron chi connectivity index (χ0n) is 12.7. The minimum atomic E-state index is -0.138. The fourth-order valence-electron chi connectivity index (χ4n) is 3.12. The number of rotatable bonds is 1. The molecule has 0 radical (unpaired) electrons. The van der Waals surface area contributed by atoms with E-state index in [2.05, 4.69) is 10.2 Å². The van der Waals surface area contributed by atoms with E-state index < -0.39 is 0 Å². The summed E-state index contributed by atoms with van der Waals surface area (Å²) < 4.78 is 0. The van der Waals surface area contributed by atoms with Gasteiger partial charge in [-0.3, -0.25) is 0 Å². The Kier molecular flexibility index (Phi) is 4.71. The molecule has 1 N–H and O–H groups in total. The van der Waals surface area contributed by atoms with Crippen molar-refractivity contribution in [2.45, 2.75) is 64.5 Å². The first-order valence-corrected chi connectivity index (χ1v) is 7.77. The highest BCUT2D eigenvalue weighted by Crippen LogP contribution is 2.21. The fourth-order valence-corrected chi connectivity index (χ4v) is 3.12. The summed E-state index contributed by atoms with van der Waals surface area (Å²) in [5.41, 5.74) is -0.138. The summed E-state index contributed by atoms with van der Waals surface area (Å²) in [4.78, 5) is 16.7. The van der Waals surface area contributed by atoms with Crippen molar-refractivity contribution >= 4 is 6.03 Å². The van der Waals surface area contributed by atoms with Crippen molar-refractivity contribution in [2.75, 3.05) is 26.2 Å². The molecule has 0 aliphatic carbocycles. The van der Waals surface area contributed by atoms with E-state index in [9.17, 15) is 4.79 Å². The number of carbonyl (C=O) groups is 1. The van der Waals surface area contributed by atoms with E-state index in [0.717, 1.165) is 25.9 Å². The number of hydrogen-bond donors (Lipinski definition) is 1. The summed E-state index contributed by atoms with van der Waals surface area (Å²) in [6.07, 6.45) is 6.37. The van der Waals surface area contributed by atoms with Crippen LogP contribution in [0.2, 0.25) is 0 Å². The van der Waals surface area contributed by atoms with Crippen LogP contribution in [-0.4, -0.2) is 53.6 Å². The number of urea groups is 1. The molecule has 0 aromatic heterocycles. The number of nitrogens with zero attached hydrogens (tertiary/aromatic N) is 2. The second-order valence-electron chi connectivity index (χ2n) is 7.00. The standard InChI is InChI=1S/C15H29N3O/c1-15(2,3)16-14(19)18-11-7-13(8-12-18)17-9-5-4-6-10-17/h13H,4-12H2,1-3H3,(H,16,19). The van der Waals surface area contributed by atoms with Gasteiger partial charge in [-0.2, -0.15) is 0 Å². The van der Waals surface area contributed by atoms with Gasteiger partial charge < -0.3 is 15.1 Å². The Labute approximate surface area is 117 Å². The van der Waals surface area contributed by atoms with Gasteiger partial charge in [-0.25, -0.2) is 4.79 Å². The monoisotopic (exact) mass is 267 g/mol. The van der Waals surface area contributed by atoms with Crippen molar-refractivity contribution in [3.8, 4) is 0 Å². The normalized spacial score (nSPS) is 23.4. The first-order valence-electron chi connectivity index (χ1n) is 7.77. The summed E-state index contributed by atoms with van der Waals surface area (Å²) in [6, 6.07) is 0.809. The number of likely N-dealkylation sites (tertiary alicyclic amines) is 2. The van der Waals surface area contributed by atoms with Crippen LogP contribution in [0, 0.1) is 0 Å². The predicted molar refractivity (Wildman–Crippen MR) is 78.3 cm³/mol. The number of nitrogens with one attached hydrogen (secondary N) is 1. The van der Waals surface area contributed by atoms with E-state index >= 15 is 0 Å². The van der Waals surface area contributed by atoms with Gasteiger partial charge in [-0.15, -0.1) is 0 Å². The Morgan fingerprint density at radius 3 is 2.11 bits per heavy atom. The lowest BCUT2D eigenvalue weighted by Gasteiger charge is -2.40. The molecule has 0 atom stereocenters. The third-order valence-corrected chi connectivity index (χ3v) is 4.14. The molecule has 2 rings (SSSR count). The second kappa shape index (κ2) is 6.12. The van der Waals surface area contributed by atoms with Crippen LogP contribution in [0.3, 0.4) is 0 Å². The van der Waals surface area contributed by atoms with Crippen LogP contribution in [0.25, 0.3) is 0 Å². The third kappa shape index (κ3) is 4.37. The zero-order valence-corrected chi connectivity index (χ0v) is 12.7.